The van der Waals surface area contributed by atoms with Gasteiger partial charge in [0.25, 0.3) is 0 Å². The molecule has 0 aromatic heterocycles. The Morgan fingerprint density at radius 3 is 2.15 bits per heavy atom. The van der Waals surface area contributed by atoms with Crippen LogP contribution in [-0.4, -0.2) is 37.1 Å². The number of anilines is 1. The van der Waals surface area contributed by atoms with Gasteiger partial charge in [-0.15, -0.1) is 12.4 Å². The van der Waals surface area contributed by atoms with Gasteiger partial charge in [0.1, 0.15) is 0 Å². The smallest absolute Gasteiger partial charge is 0.338 e. The number of carbonyl (C=O) groups is 1. The Hall–Kier alpha value is -1.78. The molecule has 0 saturated carbocycles. The van der Waals surface area contributed by atoms with E-state index in [0.717, 1.165) is 36.8 Å². The Morgan fingerprint density at radius 2 is 1.52 bits per heavy atom. The van der Waals surface area contributed by atoms with Gasteiger partial charge < -0.3 is 15.4 Å². The van der Waals surface area contributed by atoms with Crippen molar-refractivity contribution >= 4 is 34.8 Å². The van der Waals surface area contributed by atoms with Crippen LogP contribution in [0.5, 0.6) is 0 Å². The third-order valence-corrected chi connectivity index (χ3v) is 4.69. The van der Waals surface area contributed by atoms with Crippen LogP contribution in [0, 0.1) is 0 Å². The molecule has 0 radical (unpaired) electrons. The number of hydrogen-bond donors (Lipinski definition) is 1. The number of benzene rings is 2. The second-order valence-corrected chi connectivity index (χ2v) is 6.79. The van der Waals surface area contributed by atoms with Gasteiger partial charge in [-0.3, -0.25) is 0 Å². The Bertz CT molecular complexity index is 698. The molecule has 0 unspecified atom stereocenters. The molecule has 0 saturated heterocycles. The lowest BCUT2D eigenvalue weighted by atomic mass is 10.0. The first kappa shape index (κ1) is 23.3. The molecule has 0 atom stereocenters. The first-order valence-corrected chi connectivity index (χ1v) is 9.84. The Labute approximate surface area is 169 Å². The molecule has 5 heteroatoms. The number of carbonyl (C=O) groups excluding carboxylic acids is 1. The van der Waals surface area contributed by atoms with Gasteiger partial charge in [-0.25, -0.2) is 4.79 Å². The van der Waals surface area contributed by atoms with Gasteiger partial charge >= 0.3 is 5.97 Å². The summed E-state index contributed by atoms with van der Waals surface area (Å²) >= 11 is 0. The van der Waals surface area contributed by atoms with E-state index < -0.39 is 0 Å². The largest absolute Gasteiger partial charge is 0.462 e. The van der Waals surface area contributed by atoms with Crippen molar-refractivity contribution in [2.24, 2.45) is 0 Å². The molecule has 0 spiro atoms. The van der Waals surface area contributed by atoms with E-state index in [2.05, 4.69) is 18.7 Å². The van der Waals surface area contributed by atoms with Gasteiger partial charge in [0, 0.05) is 17.6 Å². The van der Waals surface area contributed by atoms with Gasteiger partial charge in [-0.05, 0) is 49.9 Å². The standard InChI is InChI=1S/C22H32N2O2.ClH/c1-3-5-14-24(15-6-4-2)16-9-17-26-22(25)20-12-13-21(23)19-11-8-7-10-18(19)20;/h7-8,10-13H,3-6,9,14-17,23H2,1-2H3;1H. The maximum atomic E-state index is 12.5. The first-order valence-electron chi connectivity index (χ1n) is 9.84. The number of nitrogens with two attached hydrogens (primary N) is 1. The van der Waals surface area contributed by atoms with Crippen LogP contribution in [0.2, 0.25) is 0 Å². The van der Waals surface area contributed by atoms with Crippen molar-refractivity contribution in [2.75, 3.05) is 32.0 Å². The number of nitrogen functional groups attached to an aromatic ring is 1. The summed E-state index contributed by atoms with van der Waals surface area (Å²) in [7, 11) is 0. The summed E-state index contributed by atoms with van der Waals surface area (Å²) < 4.78 is 5.53. The van der Waals surface area contributed by atoms with E-state index in [0.29, 0.717) is 17.9 Å². The lowest BCUT2D eigenvalue weighted by Crippen LogP contribution is -2.28. The summed E-state index contributed by atoms with van der Waals surface area (Å²) in [4.78, 5) is 15.0. The van der Waals surface area contributed by atoms with E-state index >= 15 is 0 Å². The first-order chi connectivity index (χ1) is 12.7. The second-order valence-electron chi connectivity index (χ2n) is 6.79. The van der Waals surface area contributed by atoms with E-state index in [-0.39, 0.29) is 18.4 Å². The van der Waals surface area contributed by atoms with E-state index in [9.17, 15) is 4.79 Å². The molecular formula is C22H33ClN2O2. The number of unbranched alkanes of at least 4 members (excludes halogenated alkanes) is 2. The molecule has 2 aromatic carbocycles. The molecule has 2 aromatic rings. The van der Waals surface area contributed by atoms with Crippen LogP contribution in [-0.2, 0) is 4.74 Å². The highest BCUT2D eigenvalue weighted by atomic mass is 35.5. The van der Waals surface area contributed by atoms with E-state index in [1.165, 1.54) is 25.7 Å². The van der Waals surface area contributed by atoms with E-state index in [1.54, 1.807) is 12.1 Å². The Morgan fingerprint density at radius 1 is 0.926 bits per heavy atom. The molecule has 27 heavy (non-hydrogen) atoms. The van der Waals surface area contributed by atoms with Gasteiger partial charge in [0.05, 0.1) is 12.2 Å². The average Bonchev–Trinajstić information content (AvgIpc) is 2.67. The van der Waals surface area contributed by atoms with Gasteiger partial charge in [-0.1, -0.05) is 51.0 Å². The summed E-state index contributed by atoms with van der Waals surface area (Å²) in [5, 5.41) is 1.75. The number of hydrogen-bond acceptors (Lipinski definition) is 4. The zero-order valence-electron chi connectivity index (χ0n) is 16.6. The van der Waals surface area contributed by atoms with Gasteiger partial charge in [0.15, 0.2) is 0 Å². The number of rotatable bonds is 11. The van der Waals surface area contributed by atoms with E-state index in [1.807, 2.05) is 24.3 Å². The lowest BCUT2D eigenvalue weighted by molar-refractivity contribution is 0.0490. The maximum Gasteiger partial charge on any atom is 0.338 e. The van der Waals surface area contributed by atoms with Crippen LogP contribution in [0.25, 0.3) is 10.8 Å². The van der Waals surface area contributed by atoms with Crippen molar-refractivity contribution < 1.29 is 9.53 Å². The van der Waals surface area contributed by atoms with Gasteiger partial charge in [0.2, 0.25) is 0 Å². The van der Waals surface area contributed by atoms with Crippen molar-refractivity contribution in [1.29, 1.82) is 0 Å². The summed E-state index contributed by atoms with van der Waals surface area (Å²) in [5.74, 6) is -0.269. The fraction of sp³-hybridized carbons (Fsp3) is 0.500. The summed E-state index contributed by atoms with van der Waals surface area (Å²) in [6.07, 6.45) is 5.73. The Kier molecular flexibility index (Phi) is 10.8. The Balaban J connectivity index is 0.00000364. The van der Waals surface area contributed by atoms with E-state index in [4.69, 9.17) is 10.5 Å². The van der Waals surface area contributed by atoms with Crippen molar-refractivity contribution in [2.45, 2.75) is 46.0 Å². The zero-order valence-corrected chi connectivity index (χ0v) is 17.4. The van der Waals surface area contributed by atoms with Crippen LogP contribution in [0.15, 0.2) is 36.4 Å². The maximum absolute atomic E-state index is 12.5. The highest BCUT2D eigenvalue weighted by Gasteiger charge is 2.13. The fourth-order valence-corrected chi connectivity index (χ4v) is 3.13. The lowest BCUT2D eigenvalue weighted by Gasteiger charge is -2.21. The normalized spacial score (nSPS) is 10.8. The summed E-state index contributed by atoms with van der Waals surface area (Å²) in [6, 6.07) is 11.2. The number of halogens is 1. The molecular weight excluding hydrogens is 360 g/mol. The molecule has 0 amide bonds. The number of esters is 1. The molecule has 0 aliphatic carbocycles. The van der Waals surface area contributed by atoms with Crippen molar-refractivity contribution in [3.8, 4) is 0 Å². The van der Waals surface area contributed by atoms with Crippen molar-refractivity contribution in [1.82, 2.24) is 4.90 Å². The summed E-state index contributed by atoms with van der Waals surface area (Å²) in [5.41, 5.74) is 7.27. The minimum absolute atomic E-state index is 0. The summed E-state index contributed by atoms with van der Waals surface area (Å²) in [6.45, 7) is 8.13. The van der Waals surface area contributed by atoms with Crippen LogP contribution < -0.4 is 5.73 Å². The van der Waals surface area contributed by atoms with Crippen LogP contribution in [0.1, 0.15) is 56.3 Å². The molecule has 2 rings (SSSR count). The second kappa shape index (κ2) is 12.6. The quantitative estimate of drug-likeness (QED) is 0.320. The molecule has 0 bridgehead atoms. The molecule has 0 heterocycles. The third kappa shape index (κ3) is 7.04. The minimum atomic E-state index is -0.269. The molecule has 0 aliphatic heterocycles. The van der Waals surface area contributed by atoms with Crippen molar-refractivity contribution in [3.63, 3.8) is 0 Å². The monoisotopic (exact) mass is 392 g/mol. The molecule has 150 valence electrons. The third-order valence-electron chi connectivity index (χ3n) is 4.69. The number of fused-ring (bicyclic) bond motifs is 1. The number of ether oxygens (including phenoxy) is 1. The minimum Gasteiger partial charge on any atom is -0.462 e. The molecule has 0 fully saturated rings. The molecule has 0 aliphatic rings. The highest BCUT2D eigenvalue weighted by Crippen LogP contribution is 2.25. The molecule has 2 N–H and O–H groups in total. The fourth-order valence-electron chi connectivity index (χ4n) is 3.13. The van der Waals surface area contributed by atoms with Crippen LogP contribution in [0.3, 0.4) is 0 Å². The molecule has 4 nitrogen and oxygen atoms in total. The topological polar surface area (TPSA) is 55.6 Å². The number of nitrogens with zero attached hydrogens (tertiary/aromatic N) is 1. The van der Waals surface area contributed by atoms with Crippen LogP contribution >= 0.6 is 12.4 Å². The van der Waals surface area contributed by atoms with Crippen LogP contribution in [0.4, 0.5) is 5.69 Å². The zero-order chi connectivity index (χ0) is 18.8. The predicted molar refractivity (Wildman–Crippen MR) is 117 cm³/mol. The average molecular weight is 393 g/mol. The van der Waals surface area contributed by atoms with Gasteiger partial charge in [-0.2, -0.15) is 0 Å². The predicted octanol–water partition coefficient (Wildman–Crippen LogP) is 5.29. The SMILES string of the molecule is CCCCN(CCCC)CCCOC(=O)c1ccc(N)c2ccccc12.Cl. The van der Waals surface area contributed by atoms with Crippen molar-refractivity contribution in [3.05, 3.63) is 42.0 Å². The highest BCUT2D eigenvalue weighted by molar-refractivity contribution is 6.07.